The van der Waals surface area contributed by atoms with Gasteiger partial charge in [0.25, 0.3) is 0 Å². The molecule has 1 saturated heterocycles. The molecular formula is C10H14BrN3O2. The zero-order chi connectivity index (χ0) is 11.5. The highest BCUT2D eigenvalue weighted by molar-refractivity contribution is 9.10. The molecule has 0 radical (unpaired) electrons. The molecule has 0 spiro atoms. The van der Waals surface area contributed by atoms with E-state index in [4.69, 9.17) is 9.84 Å². The van der Waals surface area contributed by atoms with Gasteiger partial charge >= 0.3 is 0 Å². The van der Waals surface area contributed by atoms with Crippen LogP contribution in [0.15, 0.2) is 16.9 Å². The lowest BCUT2D eigenvalue weighted by Crippen LogP contribution is -2.50. The summed E-state index contributed by atoms with van der Waals surface area (Å²) in [5, 5.41) is 9.09. The Balaban J connectivity index is 2.14. The van der Waals surface area contributed by atoms with Crippen LogP contribution in [0.1, 0.15) is 6.92 Å². The molecule has 2 heterocycles. The van der Waals surface area contributed by atoms with Crippen LogP contribution in [0, 0.1) is 0 Å². The average molecular weight is 288 g/mol. The summed E-state index contributed by atoms with van der Waals surface area (Å²) in [6, 6.07) is 0.226. The smallest absolute Gasteiger partial charge is 0.225 e. The Kier molecular flexibility index (Phi) is 3.73. The van der Waals surface area contributed by atoms with Crippen LogP contribution in [0.3, 0.4) is 0 Å². The number of ether oxygens (including phenoxy) is 1. The lowest BCUT2D eigenvalue weighted by atomic mass is 10.2. The highest BCUT2D eigenvalue weighted by atomic mass is 79.9. The van der Waals surface area contributed by atoms with Crippen molar-refractivity contribution in [2.45, 2.75) is 19.1 Å². The molecule has 1 aromatic rings. The first-order valence-electron chi connectivity index (χ1n) is 5.17. The molecule has 6 heteroatoms. The van der Waals surface area contributed by atoms with Crippen LogP contribution in [0.25, 0.3) is 0 Å². The molecule has 16 heavy (non-hydrogen) atoms. The predicted molar refractivity (Wildman–Crippen MR) is 63.4 cm³/mol. The number of morpholine rings is 1. The fourth-order valence-corrected chi connectivity index (χ4v) is 1.87. The second kappa shape index (κ2) is 5.07. The van der Waals surface area contributed by atoms with Crippen molar-refractivity contribution in [3.63, 3.8) is 0 Å². The minimum absolute atomic E-state index is 0.0275. The number of anilines is 1. The third-order valence-corrected chi connectivity index (χ3v) is 2.98. The molecule has 1 aliphatic heterocycles. The van der Waals surface area contributed by atoms with E-state index in [0.29, 0.717) is 19.1 Å². The fraction of sp³-hybridized carbons (Fsp3) is 0.600. The van der Waals surface area contributed by atoms with Gasteiger partial charge in [-0.25, -0.2) is 9.97 Å². The van der Waals surface area contributed by atoms with E-state index >= 15 is 0 Å². The Morgan fingerprint density at radius 2 is 2.25 bits per heavy atom. The maximum absolute atomic E-state index is 9.09. The van der Waals surface area contributed by atoms with Crippen LogP contribution in [-0.4, -0.2) is 47.0 Å². The summed E-state index contributed by atoms with van der Waals surface area (Å²) in [6.07, 6.45) is 3.29. The summed E-state index contributed by atoms with van der Waals surface area (Å²) in [5.41, 5.74) is 0. The first-order valence-corrected chi connectivity index (χ1v) is 5.96. The molecule has 0 saturated carbocycles. The number of hydrogen-bond acceptors (Lipinski definition) is 5. The van der Waals surface area contributed by atoms with Gasteiger partial charge in [-0.3, -0.25) is 0 Å². The van der Waals surface area contributed by atoms with E-state index in [2.05, 4.69) is 37.7 Å². The third kappa shape index (κ3) is 2.50. The molecule has 0 amide bonds. The van der Waals surface area contributed by atoms with E-state index in [-0.39, 0.29) is 18.8 Å². The van der Waals surface area contributed by atoms with Crippen molar-refractivity contribution in [3.05, 3.63) is 16.9 Å². The Bertz CT molecular complexity index is 346. The van der Waals surface area contributed by atoms with E-state index in [1.165, 1.54) is 0 Å². The number of hydrogen-bond donors (Lipinski definition) is 1. The first kappa shape index (κ1) is 11.8. The van der Waals surface area contributed by atoms with E-state index in [1.807, 2.05) is 0 Å². The summed E-state index contributed by atoms with van der Waals surface area (Å²) >= 11 is 3.30. The van der Waals surface area contributed by atoms with Crippen LogP contribution < -0.4 is 4.90 Å². The molecule has 1 N–H and O–H groups in total. The molecule has 0 aromatic carbocycles. The summed E-state index contributed by atoms with van der Waals surface area (Å²) in [5.74, 6) is 0.678. The van der Waals surface area contributed by atoms with Gasteiger partial charge in [0.15, 0.2) is 0 Å². The molecule has 1 fully saturated rings. The molecular weight excluding hydrogens is 274 g/mol. The summed E-state index contributed by atoms with van der Waals surface area (Å²) in [6.45, 7) is 3.29. The zero-order valence-electron chi connectivity index (χ0n) is 9.01. The fourth-order valence-electron chi connectivity index (χ4n) is 1.66. The van der Waals surface area contributed by atoms with Crippen LogP contribution in [0.4, 0.5) is 5.95 Å². The van der Waals surface area contributed by atoms with E-state index in [0.717, 1.165) is 4.47 Å². The average Bonchev–Trinajstić information content (AvgIpc) is 2.31. The summed E-state index contributed by atoms with van der Waals surface area (Å²) in [7, 11) is 0. The van der Waals surface area contributed by atoms with E-state index in [9.17, 15) is 0 Å². The molecule has 0 aliphatic carbocycles. The van der Waals surface area contributed by atoms with Gasteiger partial charge in [0, 0.05) is 18.9 Å². The Morgan fingerprint density at radius 3 is 2.88 bits per heavy atom. The minimum atomic E-state index is -0.150. The van der Waals surface area contributed by atoms with Gasteiger partial charge in [-0.2, -0.15) is 0 Å². The van der Waals surface area contributed by atoms with E-state index in [1.54, 1.807) is 12.4 Å². The second-order valence-corrected chi connectivity index (χ2v) is 4.76. The molecule has 88 valence electrons. The Morgan fingerprint density at radius 1 is 1.56 bits per heavy atom. The van der Waals surface area contributed by atoms with E-state index < -0.39 is 0 Å². The quantitative estimate of drug-likeness (QED) is 0.873. The maximum atomic E-state index is 9.09. The SMILES string of the molecule is CC1COC(CO)CN1c1ncc(Br)cn1. The van der Waals surface area contributed by atoms with Crippen LogP contribution in [0.2, 0.25) is 0 Å². The number of rotatable bonds is 2. The molecule has 1 aromatic heterocycles. The number of halogens is 1. The van der Waals surface area contributed by atoms with Crippen molar-refractivity contribution < 1.29 is 9.84 Å². The zero-order valence-corrected chi connectivity index (χ0v) is 10.6. The van der Waals surface area contributed by atoms with Gasteiger partial charge in [-0.1, -0.05) is 0 Å². The molecule has 2 unspecified atom stereocenters. The Hall–Kier alpha value is -0.720. The van der Waals surface area contributed by atoms with Crippen molar-refractivity contribution in [2.24, 2.45) is 0 Å². The lowest BCUT2D eigenvalue weighted by Gasteiger charge is -2.37. The monoisotopic (exact) mass is 287 g/mol. The lowest BCUT2D eigenvalue weighted by molar-refractivity contribution is -0.0108. The normalized spacial score (nSPS) is 25.8. The predicted octanol–water partition coefficient (Wildman–Crippen LogP) is 0.825. The van der Waals surface area contributed by atoms with Crippen LogP contribution in [0.5, 0.6) is 0 Å². The minimum Gasteiger partial charge on any atom is -0.394 e. The summed E-state index contributed by atoms with van der Waals surface area (Å²) < 4.78 is 6.32. The number of aromatic nitrogens is 2. The number of nitrogens with zero attached hydrogens (tertiary/aromatic N) is 3. The van der Waals surface area contributed by atoms with Gasteiger partial charge in [0.1, 0.15) is 0 Å². The first-order chi connectivity index (χ1) is 7.70. The highest BCUT2D eigenvalue weighted by Gasteiger charge is 2.27. The Labute approximate surface area is 103 Å². The van der Waals surface area contributed by atoms with Gasteiger partial charge < -0.3 is 14.7 Å². The number of aliphatic hydroxyl groups is 1. The van der Waals surface area contributed by atoms with Crippen molar-refractivity contribution in [1.82, 2.24) is 9.97 Å². The van der Waals surface area contributed by atoms with Crippen LogP contribution >= 0.6 is 15.9 Å². The van der Waals surface area contributed by atoms with Crippen molar-refractivity contribution >= 4 is 21.9 Å². The van der Waals surface area contributed by atoms with Crippen molar-refractivity contribution in [3.8, 4) is 0 Å². The van der Waals surface area contributed by atoms with Crippen LogP contribution in [-0.2, 0) is 4.74 Å². The molecule has 0 bridgehead atoms. The molecule has 1 aliphatic rings. The standard InChI is InChI=1S/C10H14BrN3O2/c1-7-6-16-9(5-15)4-14(7)10-12-2-8(11)3-13-10/h2-3,7,9,15H,4-6H2,1H3. The van der Waals surface area contributed by atoms with Gasteiger partial charge in [-0.15, -0.1) is 0 Å². The summed E-state index contributed by atoms with van der Waals surface area (Å²) in [4.78, 5) is 10.6. The largest absolute Gasteiger partial charge is 0.394 e. The molecule has 2 rings (SSSR count). The molecule has 5 nitrogen and oxygen atoms in total. The number of aliphatic hydroxyl groups excluding tert-OH is 1. The van der Waals surface area contributed by atoms with Gasteiger partial charge in [0.2, 0.25) is 5.95 Å². The second-order valence-electron chi connectivity index (χ2n) is 3.84. The van der Waals surface area contributed by atoms with Gasteiger partial charge in [0.05, 0.1) is 29.8 Å². The maximum Gasteiger partial charge on any atom is 0.225 e. The third-order valence-electron chi connectivity index (χ3n) is 2.57. The topological polar surface area (TPSA) is 58.5 Å². The highest BCUT2D eigenvalue weighted by Crippen LogP contribution is 2.18. The van der Waals surface area contributed by atoms with Crippen molar-refractivity contribution in [2.75, 3.05) is 24.7 Å². The molecule has 2 atom stereocenters. The van der Waals surface area contributed by atoms with Gasteiger partial charge in [-0.05, 0) is 22.9 Å². The van der Waals surface area contributed by atoms with Crippen molar-refractivity contribution in [1.29, 1.82) is 0 Å².